The lowest BCUT2D eigenvalue weighted by molar-refractivity contribution is 0.100. The van der Waals surface area contributed by atoms with Crippen molar-refractivity contribution >= 4 is 27.3 Å². The SMILES string of the molecule is CCNS(=O)(=O)CCNCc1cc(C(N)=O)cs1. The van der Waals surface area contributed by atoms with Crippen molar-refractivity contribution in [2.45, 2.75) is 13.5 Å². The van der Waals surface area contributed by atoms with Crippen LogP contribution in [0.5, 0.6) is 0 Å². The van der Waals surface area contributed by atoms with Crippen LogP contribution in [0.15, 0.2) is 11.4 Å². The molecule has 0 aliphatic rings. The highest BCUT2D eigenvalue weighted by atomic mass is 32.2. The van der Waals surface area contributed by atoms with Crippen LogP contribution < -0.4 is 15.8 Å². The van der Waals surface area contributed by atoms with Crippen LogP contribution in [0.4, 0.5) is 0 Å². The van der Waals surface area contributed by atoms with Gasteiger partial charge in [-0.3, -0.25) is 4.79 Å². The van der Waals surface area contributed by atoms with Crippen molar-refractivity contribution < 1.29 is 13.2 Å². The van der Waals surface area contributed by atoms with Gasteiger partial charge in [-0.2, -0.15) is 0 Å². The minimum atomic E-state index is -3.18. The van der Waals surface area contributed by atoms with Gasteiger partial charge in [-0.15, -0.1) is 11.3 Å². The Morgan fingerprint density at radius 3 is 2.78 bits per heavy atom. The first-order valence-electron chi connectivity index (χ1n) is 5.50. The molecule has 0 atom stereocenters. The van der Waals surface area contributed by atoms with Gasteiger partial charge in [0.05, 0.1) is 11.3 Å². The minimum absolute atomic E-state index is 0.0366. The van der Waals surface area contributed by atoms with Crippen molar-refractivity contribution in [3.8, 4) is 0 Å². The number of hydrogen-bond donors (Lipinski definition) is 3. The Morgan fingerprint density at radius 1 is 1.50 bits per heavy atom. The molecule has 0 aromatic carbocycles. The first-order valence-corrected chi connectivity index (χ1v) is 8.03. The van der Waals surface area contributed by atoms with Crippen molar-refractivity contribution in [2.75, 3.05) is 18.8 Å². The van der Waals surface area contributed by atoms with Crippen LogP contribution in [0, 0.1) is 0 Å². The average molecular weight is 291 g/mol. The molecule has 6 nitrogen and oxygen atoms in total. The molecule has 0 aliphatic heterocycles. The minimum Gasteiger partial charge on any atom is -0.366 e. The second kappa shape index (κ2) is 6.83. The van der Waals surface area contributed by atoms with E-state index in [9.17, 15) is 13.2 Å². The molecule has 1 aromatic heterocycles. The van der Waals surface area contributed by atoms with Gasteiger partial charge >= 0.3 is 0 Å². The zero-order chi connectivity index (χ0) is 13.6. The van der Waals surface area contributed by atoms with E-state index in [4.69, 9.17) is 5.73 Å². The van der Waals surface area contributed by atoms with E-state index in [2.05, 4.69) is 10.0 Å². The fraction of sp³-hybridized carbons (Fsp3) is 0.500. The molecule has 1 rings (SSSR count). The van der Waals surface area contributed by atoms with Gasteiger partial charge in [-0.25, -0.2) is 13.1 Å². The number of amides is 1. The molecule has 0 saturated heterocycles. The third kappa shape index (κ3) is 5.13. The first kappa shape index (κ1) is 15.1. The summed E-state index contributed by atoms with van der Waals surface area (Å²) >= 11 is 1.42. The molecule has 1 aromatic rings. The predicted octanol–water partition coefficient (Wildman–Crippen LogP) is -0.124. The van der Waals surface area contributed by atoms with Crippen molar-refractivity contribution in [1.29, 1.82) is 0 Å². The first-order chi connectivity index (χ1) is 8.44. The summed E-state index contributed by atoms with van der Waals surface area (Å²) in [5, 5.41) is 4.70. The van der Waals surface area contributed by atoms with Crippen LogP contribution in [0.3, 0.4) is 0 Å². The van der Waals surface area contributed by atoms with E-state index in [1.165, 1.54) is 11.3 Å². The van der Waals surface area contributed by atoms with E-state index in [0.717, 1.165) is 4.88 Å². The maximum absolute atomic E-state index is 11.3. The molecule has 1 heterocycles. The van der Waals surface area contributed by atoms with E-state index in [1.54, 1.807) is 18.4 Å². The summed E-state index contributed by atoms with van der Waals surface area (Å²) in [6.45, 7) is 3.02. The van der Waals surface area contributed by atoms with Gasteiger partial charge in [0.1, 0.15) is 0 Å². The number of nitrogens with two attached hydrogens (primary N) is 1. The molecule has 0 bridgehead atoms. The Morgan fingerprint density at radius 2 is 2.22 bits per heavy atom. The Hall–Kier alpha value is -0.960. The molecule has 8 heteroatoms. The molecular formula is C10H17N3O3S2. The lowest BCUT2D eigenvalue weighted by Gasteiger charge is -2.05. The zero-order valence-corrected chi connectivity index (χ0v) is 11.7. The van der Waals surface area contributed by atoms with Crippen molar-refractivity contribution in [3.05, 3.63) is 21.9 Å². The molecule has 18 heavy (non-hydrogen) atoms. The van der Waals surface area contributed by atoms with Crippen LogP contribution in [-0.4, -0.2) is 33.2 Å². The van der Waals surface area contributed by atoms with E-state index in [1.807, 2.05) is 0 Å². The number of rotatable bonds is 8. The number of hydrogen-bond acceptors (Lipinski definition) is 5. The average Bonchev–Trinajstić information content (AvgIpc) is 2.73. The van der Waals surface area contributed by atoms with Crippen molar-refractivity contribution in [2.24, 2.45) is 5.73 Å². The summed E-state index contributed by atoms with van der Waals surface area (Å²) in [4.78, 5) is 11.8. The highest BCUT2D eigenvalue weighted by Crippen LogP contribution is 2.13. The number of primary amides is 1. The standard InChI is InChI=1S/C10H17N3O3S2/c1-2-13-18(15,16)4-3-12-6-9-5-8(7-17-9)10(11)14/h5,7,12-13H,2-4,6H2,1H3,(H2,11,14). The van der Waals surface area contributed by atoms with Crippen LogP contribution in [0.2, 0.25) is 0 Å². The summed E-state index contributed by atoms with van der Waals surface area (Å²) in [5.74, 6) is -0.415. The second-order valence-corrected chi connectivity index (χ2v) is 6.58. The molecule has 4 N–H and O–H groups in total. The summed E-state index contributed by atoms with van der Waals surface area (Å²) in [7, 11) is -3.18. The molecule has 0 spiro atoms. The second-order valence-electron chi connectivity index (χ2n) is 3.66. The maximum atomic E-state index is 11.3. The lowest BCUT2D eigenvalue weighted by Crippen LogP contribution is -2.31. The third-order valence-corrected chi connectivity index (χ3v) is 4.56. The monoisotopic (exact) mass is 291 g/mol. The summed E-state index contributed by atoms with van der Waals surface area (Å²) in [6.07, 6.45) is 0. The Balaban J connectivity index is 2.31. The van der Waals surface area contributed by atoms with Gasteiger partial charge in [-0.1, -0.05) is 6.92 Å². The fourth-order valence-corrected chi connectivity index (χ4v) is 3.15. The van der Waals surface area contributed by atoms with Crippen LogP contribution >= 0.6 is 11.3 Å². The predicted molar refractivity (Wildman–Crippen MR) is 72.0 cm³/mol. The summed E-state index contributed by atoms with van der Waals surface area (Å²) in [6, 6.07) is 1.71. The van der Waals surface area contributed by atoms with Gasteiger partial charge < -0.3 is 11.1 Å². The van der Waals surface area contributed by atoms with Gasteiger partial charge in [0, 0.05) is 29.9 Å². The van der Waals surface area contributed by atoms with E-state index < -0.39 is 15.9 Å². The molecule has 0 unspecified atom stereocenters. The van der Waals surface area contributed by atoms with Gasteiger partial charge in [0.25, 0.3) is 0 Å². The van der Waals surface area contributed by atoms with Gasteiger partial charge in [0.2, 0.25) is 15.9 Å². The normalized spacial score (nSPS) is 11.6. The number of sulfonamides is 1. The van der Waals surface area contributed by atoms with Crippen LogP contribution in [0.1, 0.15) is 22.2 Å². The number of carbonyl (C=O) groups excluding carboxylic acids is 1. The van der Waals surface area contributed by atoms with E-state index in [0.29, 0.717) is 25.2 Å². The van der Waals surface area contributed by atoms with Crippen LogP contribution in [0.25, 0.3) is 0 Å². The van der Waals surface area contributed by atoms with Crippen molar-refractivity contribution in [3.63, 3.8) is 0 Å². The fourth-order valence-electron chi connectivity index (χ4n) is 1.31. The Kier molecular flexibility index (Phi) is 5.73. The third-order valence-electron chi connectivity index (χ3n) is 2.15. The lowest BCUT2D eigenvalue weighted by atomic mass is 10.3. The highest BCUT2D eigenvalue weighted by molar-refractivity contribution is 7.89. The molecular weight excluding hydrogens is 274 g/mol. The number of carbonyl (C=O) groups is 1. The Labute approximate surface area is 111 Å². The van der Waals surface area contributed by atoms with Gasteiger partial charge in [-0.05, 0) is 6.07 Å². The quantitative estimate of drug-likeness (QED) is 0.581. The van der Waals surface area contributed by atoms with Gasteiger partial charge in [0.15, 0.2) is 0 Å². The molecule has 0 radical (unpaired) electrons. The number of nitrogens with one attached hydrogen (secondary N) is 2. The zero-order valence-electron chi connectivity index (χ0n) is 10.1. The van der Waals surface area contributed by atoms with Crippen molar-refractivity contribution in [1.82, 2.24) is 10.0 Å². The summed E-state index contributed by atoms with van der Waals surface area (Å²) in [5.41, 5.74) is 5.62. The largest absolute Gasteiger partial charge is 0.366 e. The molecule has 0 saturated carbocycles. The smallest absolute Gasteiger partial charge is 0.249 e. The molecule has 0 fully saturated rings. The topological polar surface area (TPSA) is 101 Å². The highest BCUT2D eigenvalue weighted by Gasteiger charge is 2.08. The van der Waals surface area contributed by atoms with Crippen LogP contribution in [-0.2, 0) is 16.6 Å². The molecule has 0 aliphatic carbocycles. The van der Waals surface area contributed by atoms with E-state index in [-0.39, 0.29) is 5.75 Å². The Bertz CT molecular complexity index is 496. The number of thiophene rings is 1. The molecule has 1 amide bonds. The maximum Gasteiger partial charge on any atom is 0.249 e. The van der Waals surface area contributed by atoms with E-state index >= 15 is 0 Å². The summed E-state index contributed by atoms with van der Waals surface area (Å²) < 4.78 is 25.1. The molecule has 102 valence electrons.